The summed E-state index contributed by atoms with van der Waals surface area (Å²) in [5.41, 5.74) is 7.57. The first-order valence-electron chi connectivity index (χ1n) is 10.5. The van der Waals surface area contributed by atoms with Gasteiger partial charge in [-0.3, -0.25) is 10.1 Å². The Bertz CT molecular complexity index is 1060. The second-order valence-corrected chi connectivity index (χ2v) is 8.72. The molecular weight excluding hydrogens is 416 g/mol. The number of carbonyl (C=O) groups excluding carboxylic acids is 1. The zero-order chi connectivity index (χ0) is 23.0. The van der Waals surface area contributed by atoms with Crippen molar-refractivity contribution < 1.29 is 28.7 Å². The summed E-state index contributed by atoms with van der Waals surface area (Å²) < 4.78 is 22.1. The SMILES string of the molecule is CCc1ccc(C(=O)OCC(C)(C)N)c([C@@H]2c3cc4c(cc3OC[C@H]2[N+](=O)[O-])OCO4)c1. The van der Waals surface area contributed by atoms with Gasteiger partial charge in [0.1, 0.15) is 12.4 Å². The largest absolute Gasteiger partial charge is 0.486 e. The Balaban J connectivity index is 1.84. The fourth-order valence-electron chi connectivity index (χ4n) is 3.95. The number of nitrogens with two attached hydrogens (primary N) is 1. The Labute approximate surface area is 185 Å². The van der Waals surface area contributed by atoms with Crippen LogP contribution in [0.4, 0.5) is 0 Å². The number of ether oxygens (including phenoxy) is 4. The number of benzene rings is 2. The van der Waals surface area contributed by atoms with E-state index in [1.165, 1.54) is 0 Å². The van der Waals surface area contributed by atoms with Crippen molar-refractivity contribution in [2.45, 2.75) is 44.7 Å². The van der Waals surface area contributed by atoms with Crippen LogP contribution in [-0.2, 0) is 11.2 Å². The van der Waals surface area contributed by atoms with Gasteiger partial charge in [0.2, 0.25) is 6.79 Å². The van der Waals surface area contributed by atoms with E-state index in [4.69, 9.17) is 24.7 Å². The number of carbonyl (C=O) groups is 1. The van der Waals surface area contributed by atoms with E-state index in [2.05, 4.69) is 0 Å². The summed E-state index contributed by atoms with van der Waals surface area (Å²) in [7, 11) is 0. The van der Waals surface area contributed by atoms with E-state index in [1.807, 2.05) is 19.1 Å². The average Bonchev–Trinajstić information content (AvgIpc) is 3.21. The highest BCUT2D eigenvalue weighted by Crippen LogP contribution is 2.47. The van der Waals surface area contributed by atoms with Gasteiger partial charge < -0.3 is 24.7 Å². The van der Waals surface area contributed by atoms with Crippen molar-refractivity contribution in [2.24, 2.45) is 5.73 Å². The summed E-state index contributed by atoms with van der Waals surface area (Å²) in [6.07, 6.45) is 0.707. The smallest absolute Gasteiger partial charge is 0.338 e. The molecule has 2 aromatic carbocycles. The molecule has 0 unspecified atom stereocenters. The minimum atomic E-state index is -1.09. The van der Waals surface area contributed by atoms with Crippen LogP contribution < -0.4 is 19.9 Å². The van der Waals surface area contributed by atoms with E-state index in [-0.39, 0.29) is 30.5 Å². The molecule has 2 aromatic rings. The van der Waals surface area contributed by atoms with Crippen LogP contribution in [0.5, 0.6) is 17.2 Å². The molecule has 2 atom stereocenters. The fourth-order valence-corrected chi connectivity index (χ4v) is 3.95. The number of rotatable bonds is 6. The summed E-state index contributed by atoms with van der Waals surface area (Å²) in [5.74, 6) is 0.179. The van der Waals surface area contributed by atoms with Gasteiger partial charge in [-0.05, 0) is 43.5 Å². The molecule has 0 aromatic heterocycles. The molecule has 9 nitrogen and oxygen atoms in total. The van der Waals surface area contributed by atoms with Gasteiger partial charge in [0.05, 0.1) is 11.5 Å². The second-order valence-electron chi connectivity index (χ2n) is 8.72. The Hall–Kier alpha value is -3.33. The summed E-state index contributed by atoms with van der Waals surface area (Å²) in [5, 5.41) is 12.0. The van der Waals surface area contributed by atoms with Crippen LogP contribution in [0, 0.1) is 10.1 Å². The molecule has 2 aliphatic rings. The van der Waals surface area contributed by atoms with E-state index < -0.39 is 23.5 Å². The Morgan fingerprint density at radius 1 is 1.16 bits per heavy atom. The van der Waals surface area contributed by atoms with Crippen LogP contribution in [0.15, 0.2) is 30.3 Å². The monoisotopic (exact) mass is 442 g/mol. The zero-order valence-corrected chi connectivity index (χ0v) is 18.3. The Morgan fingerprint density at radius 3 is 2.53 bits per heavy atom. The molecular formula is C23H26N2O7. The van der Waals surface area contributed by atoms with Gasteiger partial charge in [-0.1, -0.05) is 19.1 Å². The lowest BCUT2D eigenvalue weighted by molar-refractivity contribution is -0.528. The number of aryl methyl sites for hydroxylation is 1. The molecule has 4 rings (SSSR count). The van der Waals surface area contributed by atoms with Crippen LogP contribution >= 0.6 is 0 Å². The standard InChI is InChI=1S/C23H26N2O7/c1-4-13-5-6-14(22(26)30-11-23(2,3)24)15(7-13)21-16-8-19-20(32-12-31-19)9-18(16)29-10-17(21)25(27)28/h5-9,17,21H,4,10-12,24H2,1-3H3/t17-,21-/m1/s1. The zero-order valence-electron chi connectivity index (χ0n) is 18.3. The maximum absolute atomic E-state index is 13.0. The number of nitrogens with zero attached hydrogens (tertiary/aromatic N) is 1. The molecule has 0 aliphatic carbocycles. The quantitative estimate of drug-likeness (QED) is 0.411. The summed E-state index contributed by atoms with van der Waals surface area (Å²) in [6, 6.07) is 7.63. The summed E-state index contributed by atoms with van der Waals surface area (Å²) in [4.78, 5) is 24.7. The van der Waals surface area contributed by atoms with Gasteiger partial charge in [-0.15, -0.1) is 0 Å². The number of hydrogen-bond acceptors (Lipinski definition) is 8. The van der Waals surface area contributed by atoms with Crippen molar-refractivity contribution in [1.82, 2.24) is 0 Å². The maximum atomic E-state index is 13.0. The first-order valence-corrected chi connectivity index (χ1v) is 10.5. The molecule has 0 saturated carbocycles. The normalized spacial score (nSPS) is 19.1. The van der Waals surface area contributed by atoms with E-state index >= 15 is 0 Å². The highest BCUT2D eigenvalue weighted by Gasteiger charge is 2.43. The molecule has 32 heavy (non-hydrogen) atoms. The molecule has 9 heteroatoms. The highest BCUT2D eigenvalue weighted by atomic mass is 16.7. The predicted molar refractivity (Wildman–Crippen MR) is 115 cm³/mol. The van der Waals surface area contributed by atoms with E-state index in [1.54, 1.807) is 32.0 Å². The van der Waals surface area contributed by atoms with Crippen LogP contribution in [0.25, 0.3) is 0 Å². The molecule has 0 spiro atoms. The number of esters is 1. The topological polar surface area (TPSA) is 123 Å². The summed E-state index contributed by atoms with van der Waals surface area (Å²) >= 11 is 0. The van der Waals surface area contributed by atoms with Gasteiger partial charge in [0.15, 0.2) is 18.1 Å². The molecule has 0 saturated heterocycles. The highest BCUT2D eigenvalue weighted by molar-refractivity contribution is 5.92. The van der Waals surface area contributed by atoms with Crippen molar-refractivity contribution in [3.63, 3.8) is 0 Å². The molecule has 0 fully saturated rings. The molecule has 0 radical (unpaired) electrons. The average molecular weight is 442 g/mol. The van der Waals surface area contributed by atoms with Gasteiger partial charge >= 0.3 is 5.97 Å². The Kier molecular flexibility index (Phi) is 5.68. The lowest BCUT2D eigenvalue weighted by Gasteiger charge is -2.30. The van der Waals surface area contributed by atoms with Gasteiger partial charge in [0, 0.05) is 22.1 Å². The molecule has 170 valence electrons. The first kappa shape index (κ1) is 21.9. The number of nitro groups is 1. The van der Waals surface area contributed by atoms with E-state index in [0.29, 0.717) is 34.8 Å². The third kappa shape index (κ3) is 4.20. The lowest BCUT2D eigenvalue weighted by Crippen LogP contribution is -2.39. The predicted octanol–water partition coefficient (Wildman–Crippen LogP) is 3.04. The Morgan fingerprint density at radius 2 is 1.88 bits per heavy atom. The van der Waals surface area contributed by atoms with Gasteiger partial charge in [0.25, 0.3) is 6.04 Å². The minimum Gasteiger partial charge on any atom is -0.486 e. The third-order valence-electron chi connectivity index (χ3n) is 5.56. The van der Waals surface area contributed by atoms with Crippen molar-refractivity contribution >= 4 is 5.97 Å². The molecule has 2 N–H and O–H groups in total. The van der Waals surface area contributed by atoms with E-state index in [9.17, 15) is 14.9 Å². The molecule has 2 aliphatic heterocycles. The second kappa shape index (κ2) is 8.31. The fraction of sp³-hybridized carbons (Fsp3) is 0.435. The maximum Gasteiger partial charge on any atom is 0.338 e. The van der Waals surface area contributed by atoms with Crippen molar-refractivity contribution in [2.75, 3.05) is 20.0 Å². The third-order valence-corrected chi connectivity index (χ3v) is 5.56. The summed E-state index contributed by atoms with van der Waals surface area (Å²) in [6.45, 7) is 5.44. The van der Waals surface area contributed by atoms with Crippen molar-refractivity contribution in [1.29, 1.82) is 0 Å². The minimum absolute atomic E-state index is 0.0164. The van der Waals surface area contributed by atoms with Crippen LogP contribution in [0.2, 0.25) is 0 Å². The van der Waals surface area contributed by atoms with Gasteiger partial charge in [-0.25, -0.2) is 4.79 Å². The first-order chi connectivity index (χ1) is 15.2. The number of hydrogen-bond donors (Lipinski definition) is 1. The van der Waals surface area contributed by atoms with Crippen LogP contribution in [-0.4, -0.2) is 42.5 Å². The molecule has 0 bridgehead atoms. The van der Waals surface area contributed by atoms with Crippen LogP contribution in [0.3, 0.4) is 0 Å². The molecule has 2 heterocycles. The van der Waals surface area contributed by atoms with E-state index in [0.717, 1.165) is 5.56 Å². The van der Waals surface area contributed by atoms with Gasteiger partial charge in [-0.2, -0.15) is 0 Å². The van der Waals surface area contributed by atoms with Crippen molar-refractivity contribution in [3.05, 3.63) is 62.7 Å². The van der Waals surface area contributed by atoms with Crippen LogP contribution in [0.1, 0.15) is 53.7 Å². The lowest BCUT2D eigenvalue weighted by atomic mass is 9.80. The molecule has 0 amide bonds. The van der Waals surface area contributed by atoms with Crippen molar-refractivity contribution in [3.8, 4) is 17.2 Å². The number of fused-ring (bicyclic) bond motifs is 2.